The minimum Gasteiger partial charge on any atom is -0.496 e. The number of halogens is 1. The molecule has 1 unspecified atom stereocenters. The van der Waals surface area contributed by atoms with Crippen LogP contribution >= 0.6 is 11.6 Å². The molecule has 21 heavy (non-hydrogen) atoms. The maximum Gasteiger partial charge on any atom is 0.122 e. The van der Waals surface area contributed by atoms with E-state index in [1.165, 1.54) is 0 Å². The zero-order valence-corrected chi connectivity index (χ0v) is 13.7. The first-order chi connectivity index (χ1) is 9.97. The van der Waals surface area contributed by atoms with Gasteiger partial charge in [0.25, 0.3) is 0 Å². The highest BCUT2D eigenvalue weighted by Gasteiger charge is 2.17. The molecule has 1 aromatic heterocycles. The highest BCUT2D eigenvalue weighted by Crippen LogP contribution is 2.27. The van der Waals surface area contributed by atoms with Gasteiger partial charge in [0, 0.05) is 19.5 Å². The van der Waals surface area contributed by atoms with Crippen molar-refractivity contribution < 1.29 is 4.74 Å². The second-order valence-electron chi connectivity index (χ2n) is 5.22. The topological polar surface area (TPSA) is 53.1 Å². The Kier molecular flexibility index (Phi) is 4.91. The molecule has 1 heterocycles. The molecule has 2 rings (SSSR count). The predicted octanol–water partition coefficient (Wildman–Crippen LogP) is 3.20. The standard InChI is InChI=1S/C16H22ClN3O/c1-5-13-16(17)14(20(3)19-13)9-12(18)11-7-6-10(2)15(8-11)21-4/h6-8,12H,5,9,18H2,1-4H3. The number of aromatic nitrogens is 2. The summed E-state index contributed by atoms with van der Waals surface area (Å²) in [6.07, 6.45) is 1.47. The van der Waals surface area contributed by atoms with Gasteiger partial charge in [-0.25, -0.2) is 0 Å². The monoisotopic (exact) mass is 307 g/mol. The molecule has 0 amide bonds. The lowest BCUT2D eigenvalue weighted by atomic mass is 10.0. The Morgan fingerprint density at radius 2 is 2.14 bits per heavy atom. The summed E-state index contributed by atoms with van der Waals surface area (Å²) in [5.41, 5.74) is 10.4. The van der Waals surface area contributed by atoms with Gasteiger partial charge in [-0.15, -0.1) is 0 Å². The molecule has 114 valence electrons. The van der Waals surface area contributed by atoms with E-state index >= 15 is 0 Å². The molecule has 0 saturated carbocycles. The van der Waals surface area contributed by atoms with Gasteiger partial charge in [-0.1, -0.05) is 30.7 Å². The summed E-state index contributed by atoms with van der Waals surface area (Å²) >= 11 is 6.38. The van der Waals surface area contributed by atoms with E-state index < -0.39 is 0 Å². The van der Waals surface area contributed by atoms with Gasteiger partial charge in [0.2, 0.25) is 0 Å². The van der Waals surface area contributed by atoms with E-state index in [2.05, 4.69) is 5.10 Å². The van der Waals surface area contributed by atoms with E-state index in [0.717, 1.165) is 39.7 Å². The van der Waals surface area contributed by atoms with Crippen LogP contribution in [0.25, 0.3) is 0 Å². The van der Waals surface area contributed by atoms with Crippen LogP contribution in [0.1, 0.15) is 35.5 Å². The van der Waals surface area contributed by atoms with Crippen LogP contribution in [0.5, 0.6) is 5.75 Å². The molecule has 0 radical (unpaired) electrons. The zero-order chi connectivity index (χ0) is 15.6. The number of rotatable bonds is 5. The second-order valence-corrected chi connectivity index (χ2v) is 5.60. The first-order valence-electron chi connectivity index (χ1n) is 7.08. The van der Waals surface area contributed by atoms with Crippen molar-refractivity contribution in [2.45, 2.75) is 32.7 Å². The number of aryl methyl sites for hydroxylation is 3. The molecule has 4 nitrogen and oxygen atoms in total. The van der Waals surface area contributed by atoms with E-state index in [1.807, 2.05) is 43.8 Å². The van der Waals surface area contributed by atoms with E-state index in [9.17, 15) is 0 Å². The maximum absolute atomic E-state index is 6.38. The highest BCUT2D eigenvalue weighted by atomic mass is 35.5. The minimum absolute atomic E-state index is 0.142. The van der Waals surface area contributed by atoms with Crippen LogP contribution in [-0.2, 0) is 19.9 Å². The summed E-state index contributed by atoms with van der Waals surface area (Å²) in [6.45, 7) is 4.06. The molecule has 2 N–H and O–H groups in total. The summed E-state index contributed by atoms with van der Waals surface area (Å²) in [5.74, 6) is 0.855. The molecule has 1 atom stereocenters. The SMILES string of the molecule is CCc1nn(C)c(CC(N)c2ccc(C)c(OC)c2)c1Cl. The van der Waals surface area contributed by atoms with Crippen molar-refractivity contribution in [1.29, 1.82) is 0 Å². The summed E-state index contributed by atoms with van der Waals surface area (Å²) in [6, 6.07) is 5.91. The van der Waals surface area contributed by atoms with Crippen LogP contribution in [0, 0.1) is 6.92 Å². The molecule has 0 aliphatic heterocycles. The van der Waals surface area contributed by atoms with Crippen LogP contribution < -0.4 is 10.5 Å². The van der Waals surface area contributed by atoms with E-state index in [1.54, 1.807) is 7.11 Å². The van der Waals surface area contributed by atoms with Crippen molar-refractivity contribution in [3.05, 3.63) is 45.7 Å². The first-order valence-corrected chi connectivity index (χ1v) is 7.46. The number of methoxy groups -OCH3 is 1. The Hall–Kier alpha value is -1.52. The third kappa shape index (κ3) is 3.22. The first kappa shape index (κ1) is 15.9. The normalized spacial score (nSPS) is 12.5. The lowest BCUT2D eigenvalue weighted by Gasteiger charge is -2.15. The largest absolute Gasteiger partial charge is 0.496 e. The lowest BCUT2D eigenvalue weighted by molar-refractivity contribution is 0.410. The molecule has 0 saturated heterocycles. The summed E-state index contributed by atoms with van der Waals surface area (Å²) in [7, 11) is 3.58. The third-order valence-electron chi connectivity index (χ3n) is 3.78. The van der Waals surface area contributed by atoms with Gasteiger partial charge in [0.05, 0.1) is 23.5 Å². The van der Waals surface area contributed by atoms with Crippen molar-refractivity contribution in [2.24, 2.45) is 12.8 Å². The predicted molar refractivity (Wildman–Crippen MR) is 86.0 cm³/mol. The quantitative estimate of drug-likeness (QED) is 0.923. The minimum atomic E-state index is -0.142. The number of nitrogens with zero attached hydrogens (tertiary/aromatic N) is 2. The van der Waals surface area contributed by atoms with Gasteiger partial charge in [-0.3, -0.25) is 4.68 Å². The number of hydrogen-bond acceptors (Lipinski definition) is 3. The highest BCUT2D eigenvalue weighted by molar-refractivity contribution is 6.31. The van der Waals surface area contributed by atoms with Crippen LogP contribution in [0.3, 0.4) is 0 Å². The molecule has 0 spiro atoms. The number of benzene rings is 1. The number of ether oxygens (including phenoxy) is 1. The van der Waals surface area contributed by atoms with Crippen LogP contribution in [0.15, 0.2) is 18.2 Å². The van der Waals surface area contributed by atoms with Crippen molar-refractivity contribution in [1.82, 2.24) is 9.78 Å². The molecular formula is C16H22ClN3O. The molecule has 2 aromatic rings. The fraction of sp³-hybridized carbons (Fsp3) is 0.438. The second kappa shape index (κ2) is 6.50. The molecular weight excluding hydrogens is 286 g/mol. The van der Waals surface area contributed by atoms with Crippen molar-refractivity contribution in [2.75, 3.05) is 7.11 Å². The summed E-state index contributed by atoms with van der Waals surface area (Å²) in [5, 5.41) is 5.16. The average molecular weight is 308 g/mol. The summed E-state index contributed by atoms with van der Waals surface area (Å²) < 4.78 is 7.18. The maximum atomic E-state index is 6.38. The lowest BCUT2D eigenvalue weighted by Crippen LogP contribution is -2.16. The van der Waals surface area contributed by atoms with Crippen molar-refractivity contribution >= 4 is 11.6 Å². The molecule has 5 heteroatoms. The van der Waals surface area contributed by atoms with Gasteiger partial charge in [0.15, 0.2) is 0 Å². The van der Waals surface area contributed by atoms with Crippen LogP contribution in [0.2, 0.25) is 5.02 Å². The van der Waals surface area contributed by atoms with Crippen molar-refractivity contribution in [3.8, 4) is 5.75 Å². The van der Waals surface area contributed by atoms with E-state index in [-0.39, 0.29) is 6.04 Å². The average Bonchev–Trinajstić information content (AvgIpc) is 2.75. The Bertz CT molecular complexity index is 637. The van der Waals surface area contributed by atoms with E-state index in [0.29, 0.717) is 6.42 Å². The Labute approximate surface area is 130 Å². The number of hydrogen-bond donors (Lipinski definition) is 1. The molecule has 0 fully saturated rings. The fourth-order valence-corrected chi connectivity index (χ4v) is 2.81. The van der Waals surface area contributed by atoms with Crippen molar-refractivity contribution in [3.63, 3.8) is 0 Å². The van der Waals surface area contributed by atoms with Gasteiger partial charge in [0.1, 0.15) is 5.75 Å². The van der Waals surface area contributed by atoms with Gasteiger partial charge in [-0.05, 0) is 30.5 Å². The third-order valence-corrected chi connectivity index (χ3v) is 4.21. The Balaban J connectivity index is 2.26. The molecule has 1 aromatic carbocycles. The van der Waals surface area contributed by atoms with Gasteiger partial charge < -0.3 is 10.5 Å². The van der Waals surface area contributed by atoms with Gasteiger partial charge in [-0.2, -0.15) is 5.10 Å². The van der Waals surface area contributed by atoms with Crippen LogP contribution in [-0.4, -0.2) is 16.9 Å². The Morgan fingerprint density at radius 1 is 1.43 bits per heavy atom. The molecule has 0 bridgehead atoms. The zero-order valence-electron chi connectivity index (χ0n) is 13.0. The molecule has 0 aliphatic carbocycles. The number of nitrogens with two attached hydrogens (primary N) is 1. The smallest absolute Gasteiger partial charge is 0.122 e. The van der Waals surface area contributed by atoms with Crippen LogP contribution in [0.4, 0.5) is 0 Å². The Morgan fingerprint density at radius 3 is 2.71 bits per heavy atom. The molecule has 0 aliphatic rings. The van der Waals surface area contributed by atoms with E-state index in [4.69, 9.17) is 22.1 Å². The summed E-state index contributed by atoms with van der Waals surface area (Å²) in [4.78, 5) is 0. The van der Waals surface area contributed by atoms with Gasteiger partial charge >= 0.3 is 0 Å². The fourth-order valence-electron chi connectivity index (χ4n) is 2.43.